The van der Waals surface area contributed by atoms with Crippen LogP contribution in [0.5, 0.6) is 23.0 Å². The molecule has 2 aromatic rings. The van der Waals surface area contributed by atoms with Gasteiger partial charge >= 0.3 is 0 Å². The SMILES string of the molecule is CCCc1cc2c(c(=O)n1CCO)C(c1cc(OC)c(OC)cc1OC)C(C#N)=C(N)O2. The second kappa shape index (κ2) is 9.66. The molecule has 0 spiro atoms. The van der Waals surface area contributed by atoms with Gasteiger partial charge in [0.25, 0.3) is 5.56 Å². The first-order valence-electron chi connectivity index (χ1n) is 10.2. The number of nitriles is 1. The van der Waals surface area contributed by atoms with Gasteiger partial charge in [0, 0.05) is 29.9 Å². The van der Waals surface area contributed by atoms with Gasteiger partial charge in [-0.25, -0.2) is 0 Å². The van der Waals surface area contributed by atoms with Crippen molar-refractivity contribution in [2.24, 2.45) is 5.73 Å². The average molecular weight is 441 g/mol. The standard InChI is InChI=1S/C23H27N3O6/c1-5-6-13-9-19-21(23(28)26(13)7-8-27)20(15(12-24)22(25)32-19)14-10-17(30-3)18(31-4)11-16(14)29-2/h9-11,20,27H,5-8,25H2,1-4H3. The molecule has 32 heavy (non-hydrogen) atoms. The number of allylic oxidation sites excluding steroid dienone is 1. The number of pyridine rings is 1. The van der Waals surface area contributed by atoms with Crippen LogP contribution in [-0.4, -0.2) is 37.6 Å². The molecule has 0 saturated carbocycles. The summed E-state index contributed by atoms with van der Waals surface area (Å²) in [6.07, 6.45) is 1.41. The molecule has 1 aliphatic heterocycles. The van der Waals surface area contributed by atoms with Gasteiger partial charge in [-0.05, 0) is 12.5 Å². The van der Waals surface area contributed by atoms with Crippen LogP contribution in [0.2, 0.25) is 0 Å². The Labute approximate surface area is 186 Å². The van der Waals surface area contributed by atoms with Crippen molar-refractivity contribution in [1.82, 2.24) is 4.57 Å². The Balaban J connectivity index is 2.38. The molecule has 0 amide bonds. The number of hydrogen-bond acceptors (Lipinski definition) is 8. The van der Waals surface area contributed by atoms with Crippen LogP contribution in [0.4, 0.5) is 0 Å². The fourth-order valence-electron chi connectivity index (χ4n) is 4.02. The maximum atomic E-state index is 13.6. The number of hydrogen-bond donors (Lipinski definition) is 2. The Hall–Kier alpha value is -3.64. The van der Waals surface area contributed by atoms with Gasteiger partial charge in [0.2, 0.25) is 5.88 Å². The molecule has 1 aromatic carbocycles. The zero-order chi connectivity index (χ0) is 23.4. The second-order valence-corrected chi connectivity index (χ2v) is 7.22. The Morgan fingerprint density at radius 3 is 2.38 bits per heavy atom. The third kappa shape index (κ3) is 3.85. The first-order chi connectivity index (χ1) is 15.4. The topological polar surface area (TPSA) is 129 Å². The van der Waals surface area contributed by atoms with Gasteiger partial charge in [-0.15, -0.1) is 0 Å². The van der Waals surface area contributed by atoms with Gasteiger partial charge in [0.05, 0.1) is 39.4 Å². The van der Waals surface area contributed by atoms with Crippen molar-refractivity contribution in [3.63, 3.8) is 0 Å². The van der Waals surface area contributed by atoms with Crippen LogP contribution in [0.1, 0.15) is 36.1 Å². The highest BCUT2D eigenvalue weighted by atomic mass is 16.5. The maximum absolute atomic E-state index is 13.6. The number of nitrogens with two attached hydrogens (primary N) is 1. The molecular formula is C23H27N3O6. The summed E-state index contributed by atoms with van der Waals surface area (Å²) in [4.78, 5) is 13.6. The number of aryl methyl sites for hydroxylation is 1. The van der Waals surface area contributed by atoms with Crippen LogP contribution in [0, 0.1) is 11.3 Å². The van der Waals surface area contributed by atoms with Gasteiger partial charge in [-0.2, -0.15) is 5.26 Å². The lowest BCUT2D eigenvalue weighted by molar-refractivity contribution is 0.271. The zero-order valence-electron chi connectivity index (χ0n) is 18.6. The van der Waals surface area contributed by atoms with Crippen molar-refractivity contribution < 1.29 is 24.1 Å². The zero-order valence-corrected chi connectivity index (χ0v) is 18.6. The fraction of sp³-hybridized carbons (Fsp3) is 0.391. The molecule has 0 radical (unpaired) electrons. The van der Waals surface area contributed by atoms with Crippen molar-refractivity contribution in [3.8, 4) is 29.1 Å². The normalized spacial score (nSPS) is 14.9. The third-order valence-corrected chi connectivity index (χ3v) is 5.45. The van der Waals surface area contributed by atoms with Crippen molar-refractivity contribution in [2.45, 2.75) is 32.2 Å². The molecule has 1 aromatic heterocycles. The summed E-state index contributed by atoms with van der Waals surface area (Å²) < 4.78 is 23.6. The van der Waals surface area contributed by atoms with E-state index in [0.29, 0.717) is 29.2 Å². The highest BCUT2D eigenvalue weighted by Gasteiger charge is 2.37. The lowest BCUT2D eigenvalue weighted by Crippen LogP contribution is -2.34. The molecule has 1 unspecified atom stereocenters. The maximum Gasteiger partial charge on any atom is 0.258 e. The molecule has 0 fully saturated rings. The molecule has 9 heteroatoms. The van der Waals surface area contributed by atoms with Gasteiger partial charge in [-0.3, -0.25) is 4.79 Å². The van der Waals surface area contributed by atoms with E-state index in [4.69, 9.17) is 24.7 Å². The summed E-state index contributed by atoms with van der Waals surface area (Å²) in [5.74, 6) is 0.588. The highest BCUT2D eigenvalue weighted by molar-refractivity contribution is 5.61. The van der Waals surface area contributed by atoms with E-state index in [2.05, 4.69) is 6.07 Å². The number of nitrogens with zero attached hydrogens (tertiary/aromatic N) is 2. The largest absolute Gasteiger partial charge is 0.496 e. The number of rotatable bonds is 8. The summed E-state index contributed by atoms with van der Waals surface area (Å²) >= 11 is 0. The van der Waals surface area contributed by atoms with Crippen LogP contribution >= 0.6 is 0 Å². The number of fused-ring (bicyclic) bond motifs is 1. The van der Waals surface area contributed by atoms with Gasteiger partial charge in [-0.1, -0.05) is 13.3 Å². The van der Waals surface area contributed by atoms with Crippen molar-refractivity contribution >= 4 is 0 Å². The number of benzene rings is 1. The molecule has 2 heterocycles. The van der Waals surface area contributed by atoms with Gasteiger partial charge in [0.1, 0.15) is 23.1 Å². The first kappa shape index (κ1) is 23.0. The molecule has 3 N–H and O–H groups in total. The summed E-state index contributed by atoms with van der Waals surface area (Å²) in [6, 6.07) is 7.13. The van der Waals surface area contributed by atoms with Crippen LogP contribution < -0.4 is 30.2 Å². The van der Waals surface area contributed by atoms with Crippen LogP contribution in [0.3, 0.4) is 0 Å². The fourth-order valence-corrected chi connectivity index (χ4v) is 4.02. The lowest BCUT2D eigenvalue weighted by atomic mass is 9.83. The molecular weight excluding hydrogens is 414 g/mol. The Bertz CT molecular complexity index is 1150. The van der Waals surface area contributed by atoms with Gasteiger partial charge < -0.3 is 34.4 Å². The number of aliphatic hydroxyl groups is 1. The van der Waals surface area contributed by atoms with E-state index in [1.807, 2.05) is 6.92 Å². The van der Waals surface area contributed by atoms with E-state index in [-0.39, 0.29) is 41.5 Å². The first-order valence-corrected chi connectivity index (χ1v) is 10.2. The minimum Gasteiger partial charge on any atom is -0.496 e. The number of ether oxygens (including phenoxy) is 4. The van der Waals surface area contributed by atoms with Crippen molar-refractivity contribution in [3.05, 3.63) is 56.8 Å². The Morgan fingerprint density at radius 1 is 1.16 bits per heavy atom. The van der Waals surface area contributed by atoms with E-state index in [9.17, 15) is 15.2 Å². The van der Waals surface area contributed by atoms with Gasteiger partial charge in [0.15, 0.2) is 11.5 Å². The summed E-state index contributed by atoms with van der Waals surface area (Å²) in [7, 11) is 4.48. The van der Waals surface area contributed by atoms with E-state index in [1.54, 1.807) is 18.2 Å². The number of methoxy groups -OCH3 is 3. The summed E-state index contributed by atoms with van der Waals surface area (Å²) in [5.41, 5.74) is 7.30. The van der Waals surface area contributed by atoms with Crippen LogP contribution in [0.25, 0.3) is 0 Å². The summed E-state index contributed by atoms with van der Waals surface area (Å²) in [6.45, 7) is 1.91. The number of aliphatic hydroxyl groups excluding tert-OH is 1. The third-order valence-electron chi connectivity index (χ3n) is 5.45. The molecule has 9 nitrogen and oxygen atoms in total. The lowest BCUT2D eigenvalue weighted by Gasteiger charge is -2.29. The molecule has 0 aliphatic carbocycles. The highest BCUT2D eigenvalue weighted by Crippen LogP contribution is 2.46. The second-order valence-electron chi connectivity index (χ2n) is 7.22. The number of aromatic nitrogens is 1. The van der Waals surface area contributed by atoms with E-state index < -0.39 is 5.92 Å². The predicted molar refractivity (Wildman–Crippen MR) is 117 cm³/mol. The molecule has 1 atom stereocenters. The summed E-state index contributed by atoms with van der Waals surface area (Å²) in [5, 5.41) is 19.4. The Kier molecular flexibility index (Phi) is 6.95. The molecule has 3 rings (SSSR count). The minimum atomic E-state index is -0.855. The van der Waals surface area contributed by atoms with Crippen molar-refractivity contribution in [2.75, 3.05) is 27.9 Å². The van der Waals surface area contributed by atoms with E-state index in [1.165, 1.54) is 25.9 Å². The predicted octanol–water partition coefficient (Wildman–Crippen LogP) is 2.04. The van der Waals surface area contributed by atoms with Crippen molar-refractivity contribution in [1.29, 1.82) is 5.26 Å². The minimum absolute atomic E-state index is 0.0800. The Morgan fingerprint density at radius 2 is 1.81 bits per heavy atom. The monoisotopic (exact) mass is 441 g/mol. The quantitative estimate of drug-likeness (QED) is 0.637. The van der Waals surface area contributed by atoms with E-state index >= 15 is 0 Å². The van der Waals surface area contributed by atoms with Crippen LogP contribution in [0.15, 0.2) is 34.4 Å². The van der Waals surface area contributed by atoms with Crippen LogP contribution in [-0.2, 0) is 13.0 Å². The average Bonchev–Trinajstić information content (AvgIpc) is 2.79. The molecule has 170 valence electrons. The molecule has 0 bridgehead atoms. The molecule has 0 saturated heterocycles. The smallest absolute Gasteiger partial charge is 0.258 e. The molecule has 1 aliphatic rings. The van der Waals surface area contributed by atoms with E-state index in [0.717, 1.165) is 12.1 Å².